The summed E-state index contributed by atoms with van der Waals surface area (Å²) in [7, 11) is 0. The van der Waals surface area contributed by atoms with E-state index in [4.69, 9.17) is 4.74 Å². The van der Waals surface area contributed by atoms with Crippen molar-refractivity contribution in [3.63, 3.8) is 0 Å². The molecule has 4 nitrogen and oxygen atoms in total. The second kappa shape index (κ2) is 8.03. The predicted octanol–water partition coefficient (Wildman–Crippen LogP) is 1.84. The molecule has 0 amide bonds. The zero-order chi connectivity index (χ0) is 11.7. The van der Waals surface area contributed by atoms with Gasteiger partial charge in [0.25, 0.3) is 0 Å². The Morgan fingerprint density at radius 3 is 2.07 bits per heavy atom. The van der Waals surface area contributed by atoms with Gasteiger partial charge in [-0.15, -0.1) is 6.58 Å². The maximum Gasteiger partial charge on any atom is 0.306 e. The molecule has 86 valence electrons. The van der Waals surface area contributed by atoms with Crippen LogP contribution in [0, 0.1) is 0 Å². The van der Waals surface area contributed by atoms with E-state index in [1.165, 1.54) is 0 Å². The van der Waals surface area contributed by atoms with Crippen molar-refractivity contribution in [1.82, 2.24) is 0 Å². The van der Waals surface area contributed by atoms with Gasteiger partial charge < -0.3 is 9.47 Å². The Morgan fingerprint density at radius 2 is 1.60 bits per heavy atom. The number of carbonyl (C=O) groups is 2. The van der Waals surface area contributed by atoms with E-state index >= 15 is 0 Å². The van der Waals surface area contributed by atoms with E-state index in [1.54, 1.807) is 6.92 Å². The molecule has 0 saturated carbocycles. The number of hydrogen-bond acceptors (Lipinski definition) is 4. The van der Waals surface area contributed by atoms with Crippen molar-refractivity contribution in [2.45, 2.75) is 33.1 Å². The Hall–Kier alpha value is -1.32. The molecule has 0 fully saturated rings. The van der Waals surface area contributed by atoms with Crippen molar-refractivity contribution < 1.29 is 19.1 Å². The molecule has 0 saturated heterocycles. The Morgan fingerprint density at radius 1 is 1.07 bits per heavy atom. The average Bonchev–Trinajstić information content (AvgIpc) is 2.14. The Kier molecular flexibility index (Phi) is 7.32. The maximum atomic E-state index is 11.1. The lowest BCUT2D eigenvalue weighted by molar-refractivity contribution is -0.150. The normalized spacial score (nSPS) is 9.47. The molecular weight excluding hydrogens is 196 g/mol. The first kappa shape index (κ1) is 13.7. The molecule has 0 spiro atoms. The first-order chi connectivity index (χ1) is 7.06. The average molecular weight is 214 g/mol. The Bertz CT molecular complexity index is 233. The first-order valence-electron chi connectivity index (χ1n) is 5.02. The van der Waals surface area contributed by atoms with Crippen LogP contribution in [0.2, 0.25) is 0 Å². The van der Waals surface area contributed by atoms with Crippen LogP contribution in [0.25, 0.3) is 0 Å². The van der Waals surface area contributed by atoms with Crippen LogP contribution in [-0.2, 0) is 19.1 Å². The summed E-state index contributed by atoms with van der Waals surface area (Å²) in [6.45, 7) is 7.95. The van der Waals surface area contributed by atoms with Gasteiger partial charge in [-0.05, 0) is 13.8 Å². The van der Waals surface area contributed by atoms with Crippen LogP contribution in [0.15, 0.2) is 12.2 Å². The van der Waals surface area contributed by atoms with E-state index in [9.17, 15) is 9.59 Å². The third kappa shape index (κ3) is 9.00. The Labute approximate surface area is 90.2 Å². The summed E-state index contributed by atoms with van der Waals surface area (Å²) in [5.41, 5.74) is 0.966. The first-order valence-corrected chi connectivity index (χ1v) is 5.02. The topological polar surface area (TPSA) is 52.6 Å². The minimum absolute atomic E-state index is 0.0784. The molecule has 0 aliphatic carbocycles. The highest BCUT2D eigenvalue weighted by atomic mass is 16.5. The monoisotopic (exact) mass is 214 g/mol. The second-order valence-electron chi connectivity index (χ2n) is 3.23. The molecule has 0 radical (unpaired) electrons. The van der Waals surface area contributed by atoms with Gasteiger partial charge in [-0.2, -0.15) is 0 Å². The van der Waals surface area contributed by atoms with Gasteiger partial charge in [-0.25, -0.2) is 0 Å². The van der Waals surface area contributed by atoms with E-state index in [0.29, 0.717) is 19.6 Å². The standard InChI is InChI=1S/C11H18O4/c1-4-14-10(12)5-6-11(13)15-8-7-9(2)3/h2,4-8H2,1,3H3. The quantitative estimate of drug-likeness (QED) is 0.479. The summed E-state index contributed by atoms with van der Waals surface area (Å²) in [5, 5.41) is 0. The van der Waals surface area contributed by atoms with Gasteiger partial charge in [0, 0.05) is 6.42 Å². The molecule has 0 N–H and O–H groups in total. The summed E-state index contributed by atoms with van der Waals surface area (Å²) >= 11 is 0. The number of carbonyl (C=O) groups excluding carboxylic acids is 2. The van der Waals surface area contributed by atoms with Gasteiger partial charge >= 0.3 is 11.9 Å². The molecule has 0 heterocycles. The van der Waals surface area contributed by atoms with E-state index in [1.807, 2.05) is 6.92 Å². The number of hydrogen-bond donors (Lipinski definition) is 0. The molecule has 0 aromatic rings. The lowest BCUT2D eigenvalue weighted by Gasteiger charge is -2.04. The molecule has 0 aliphatic rings. The molecule has 0 aromatic heterocycles. The zero-order valence-corrected chi connectivity index (χ0v) is 9.38. The van der Waals surface area contributed by atoms with Gasteiger partial charge in [-0.1, -0.05) is 5.57 Å². The van der Waals surface area contributed by atoms with Crippen LogP contribution < -0.4 is 0 Å². The van der Waals surface area contributed by atoms with E-state index < -0.39 is 0 Å². The highest BCUT2D eigenvalue weighted by molar-refractivity contribution is 5.77. The van der Waals surface area contributed by atoms with Crippen molar-refractivity contribution in [3.8, 4) is 0 Å². The minimum Gasteiger partial charge on any atom is -0.466 e. The molecule has 0 rings (SSSR count). The highest BCUT2D eigenvalue weighted by Gasteiger charge is 2.08. The number of ether oxygens (including phenoxy) is 2. The summed E-state index contributed by atoms with van der Waals surface area (Å²) in [5.74, 6) is -0.737. The van der Waals surface area contributed by atoms with Crippen molar-refractivity contribution in [2.24, 2.45) is 0 Å². The minimum atomic E-state index is -0.371. The molecule has 0 aliphatic heterocycles. The summed E-state index contributed by atoms with van der Waals surface area (Å²) in [6.07, 6.45) is 0.819. The fourth-order valence-electron chi connectivity index (χ4n) is 0.849. The molecule has 0 aromatic carbocycles. The zero-order valence-electron chi connectivity index (χ0n) is 9.38. The smallest absolute Gasteiger partial charge is 0.306 e. The van der Waals surface area contributed by atoms with Crippen LogP contribution in [0.1, 0.15) is 33.1 Å². The van der Waals surface area contributed by atoms with Gasteiger partial charge in [0.1, 0.15) is 0 Å². The van der Waals surface area contributed by atoms with Gasteiger partial charge in [-0.3, -0.25) is 9.59 Å². The van der Waals surface area contributed by atoms with Crippen LogP contribution >= 0.6 is 0 Å². The highest BCUT2D eigenvalue weighted by Crippen LogP contribution is 1.99. The summed E-state index contributed by atoms with van der Waals surface area (Å²) in [6, 6.07) is 0. The summed E-state index contributed by atoms with van der Waals surface area (Å²) < 4.78 is 9.55. The van der Waals surface area contributed by atoms with Crippen LogP contribution in [-0.4, -0.2) is 25.2 Å². The van der Waals surface area contributed by atoms with Crippen molar-refractivity contribution in [3.05, 3.63) is 12.2 Å². The van der Waals surface area contributed by atoms with Gasteiger partial charge in [0.05, 0.1) is 26.1 Å². The van der Waals surface area contributed by atoms with E-state index in [2.05, 4.69) is 11.3 Å². The molecule has 15 heavy (non-hydrogen) atoms. The third-order valence-corrected chi connectivity index (χ3v) is 1.63. The lowest BCUT2D eigenvalue weighted by Crippen LogP contribution is -2.10. The van der Waals surface area contributed by atoms with Gasteiger partial charge in [0.15, 0.2) is 0 Å². The lowest BCUT2D eigenvalue weighted by atomic mass is 10.2. The fraction of sp³-hybridized carbons (Fsp3) is 0.636. The number of esters is 2. The van der Waals surface area contributed by atoms with Crippen LogP contribution in [0.3, 0.4) is 0 Å². The van der Waals surface area contributed by atoms with Crippen molar-refractivity contribution in [1.29, 1.82) is 0 Å². The molecule has 0 unspecified atom stereocenters. The van der Waals surface area contributed by atoms with Crippen molar-refractivity contribution in [2.75, 3.05) is 13.2 Å². The molecular formula is C11H18O4. The third-order valence-electron chi connectivity index (χ3n) is 1.63. The summed E-state index contributed by atoms with van der Waals surface area (Å²) in [4.78, 5) is 22.0. The van der Waals surface area contributed by atoms with Crippen LogP contribution in [0.5, 0.6) is 0 Å². The maximum absolute atomic E-state index is 11.1. The molecule has 0 bridgehead atoms. The SMILES string of the molecule is C=C(C)CCOC(=O)CCC(=O)OCC. The van der Waals surface area contributed by atoms with E-state index in [0.717, 1.165) is 5.57 Å². The van der Waals surface area contributed by atoms with Gasteiger partial charge in [0.2, 0.25) is 0 Å². The fourth-order valence-corrected chi connectivity index (χ4v) is 0.849. The second-order valence-corrected chi connectivity index (χ2v) is 3.23. The Balaban J connectivity index is 3.49. The largest absolute Gasteiger partial charge is 0.466 e. The molecule has 4 heteroatoms. The number of rotatable bonds is 7. The van der Waals surface area contributed by atoms with Crippen molar-refractivity contribution >= 4 is 11.9 Å². The molecule has 0 atom stereocenters. The predicted molar refractivity (Wildman–Crippen MR) is 56.3 cm³/mol. The van der Waals surface area contributed by atoms with Crippen LogP contribution in [0.4, 0.5) is 0 Å². The van der Waals surface area contributed by atoms with E-state index in [-0.39, 0.29) is 24.8 Å².